The second-order valence-electron chi connectivity index (χ2n) is 9.14. The van der Waals surface area contributed by atoms with Crippen LogP contribution in [0.3, 0.4) is 0 Å². The quantitative estimate of drug-likeness (QED) is 0.252. The summed E-state index contributed by atoms with van der Waals surface area (Å²) in [5.74, 6) is 0.847. The van der Waals surface area contributed by atoms with Crippen LogP contribution in [-0.2, 0) is 9.53 Å². The summed E-state index contributed by atoms with van der Waals surface area (Å²) >= 11 is 7.71. The third-order valence-electron chi connectivity index (χ3n) is 5.99. The van der Waals surface area contributed by atoms with Gasteiger partial charge in [0.2, 0.25) is 0 Å². The van der Waals surface area contributed by atoms with E-state index in [2.05, 4.69) is 11.6 Å². The Morgan fingerprint density at radius 1 is 1.25 bits per heavy atom. The van der Waals surface area contributed by atoms with Crippen molar-refractivity contribution in [2.75, 3.05) is 20.3 Å². The predicted octanol–water partition coefficient (Wildman–Crippen LogP) is 4.81. The van der Waals surface area contributed by atoms with Gasteiger partial charge in [0.1, 0.15) is 18.4 Å². The van der Waals surface area contributed by atoms with Crippen molar-refractivity contribution in [1.82, 2.24) is 4.57 Å². The van der Waals surface area contributed by atoms with Crippen LogP contribution in [0.4, 0.5) is 0 Å². The van der Waals surface area contributed by atoms with E-state index < -0.39 is 12.0 Å². The summed E-state index contributed by atoms with van der Waals surface area (Å²) in [4.78, 5) is 32.3. The van der Waals surface area contributed by atoms with Crippen LogP contribution < -0.4 is 29.1 Å². The number of thiazole rings is 1. The first-order valence-corrected chi connectivity index (χ1v) is 14.0. The fourth-order valence-electron chi connectivity index (χ4n) is 4.41. The molecule has 4 rings (SSSR count). The molecule has 40 heavy (non-hydrogen) atoms. The maximum absolute atomic E-state index is 14.0. The summed E-state index contributed by atoms with van der Waals surface area (Å²) in [7, 11) is 1.51. The number of fused-ring (bicyclic) bond motifs is 1. The molecule has 210 valence electrons. The first-order valence-electron chi connectivity index (χ1n) is 12.8. The van der Waals surface area contributed by atoms with Gasteiger partial charge in [-0.15, -0.1) is 0 Å². The largest absolute Gasteiger partial charge is 0.493 e. The summed E-state index contributed by atoms with van der Waals surface area (Å²) < 4.78 is 24.5. The zero-order valence-corrected chi connectivity index (χ0v) is 24.6. The van der Waals surface area contributed by atoms with Gasteiger partial charge in [0, 0.05) is 5.56 Å². The van der Waals surface area contributed by atoms with Crippen LogP contribution in [0.5, 0.6) is 17.2 Å². The molecule has 2 aromatic carbocycles. The van der Waals surface area contributed by atoms with Crippen molar-refractivity contribution in [2.45, 2.75) is 39.8 Å². The number of methoxy groups -OCH3 is 1. The Labute approximate surface area is 241 Å². The Balaban J connectivity index is 1.94. The molecular formula is C30H31ClN2O6S. The molecule has 0 aliphatic carbocycles. The van der Waals surface area contributed by atoms with Gasteiger partial charge in [-0.2, -0.15) is 0 Å². The number of carbonyl (C=O) groups is 1. The van der Waals surface area contributed by atoms with Gasteiger partial charge in [-0.3, -0.25) is 9.36 Å². The van der Waals surface area contributed by atoms with Gasteiger partial charge in [0.15, 0.2) is 16.3 Å². The molecule has 2 heterocycles. The fraction of sp³-hybridized carbons (Fsp3) is 0.300. The van der Waals surface area contributed by atoms with Crippen molar-refractivity contribution < 1.29 is 23.7 Å². The number of benzene rings is 2. The van der Waals surface area contributed by atoms with Crippen molar-refractivity contribution in [3.8, 4) is 17.2 Å². The van der Waals surface area contributed by atoms with Crippen LogP contribution in [0, 0.1) is 0 Å². The van der Waals surface area contributed by atoms with Gasteiger partial charge in [0.05, 0.1) is 40.6 Å². The van der Waals surface area contributed by atoms with E-state index in [1.165, 1.54) is 23.0 Å². The number of hydrogen-bond acceptors (Lipinski definition) is 8. The average Bonchev–Trinajstić information content (AvgIpc) is 3.21. The number of nitrogens with zero attached hydrogens (tertiary/aromatic N) is 2. The molecule has 10 heteroatoms. The van der Waals surface area contributed by atoms with Crippen molar-refractivity contribution in [2.24, 2.45) is 4.99 Å². The lowest BCUT2D eigenvalue weighted by molar-refractivity contribution is -0.139. The minimum Gasteiger partial charge on any atom is -0.493 e. The summed E-state index contributed by atoms with van der Waals surface area (Å²) in [6.07, 6.45) is 3.20. The van der Waals surface area contributed by atoms with Gasteiger partial charge in [0.25, 0.3) is 5.56 Å². The second-order valence-corrected chi connectivity index (χ2v) is 10.6. The number of aromatic nitrogens is 1. The van der Waals surface area contributed by atoms with Gasteiger partial charge in [-0.25, -0.2) is 9.79 Å². The SMILES string of the molecule is C=CCOc1c(Cl)cc(/C=c2/sc3n(c2=O)[C@@H](c2ccccc2OC(C)C)C(C(=O)OCC)=C(C)N=3)cc1OC. The molecule has 0 saturated heterocycles. The van der Waals surface area contributed by atoms with Gasteiger partial charge < -0.3 is 18.9 Å². The van der Waals surface area contributed by atoms with Crippen LogP contribution in [-0.4, -0.2) is 37.0 Å². The van der Waals surface area contributed by atoms with Crippen LogP contribution >= 0.6 is 22.9 Å². The van der Waals surface area contributed by atoms with Crippen molar-refractivity contribution in [3.63, 3.8) is 0 Å². The Bertz CT molecular complexity index is 1650. The lowest BCUT2D eigenvalue weighted by Gasteiger charge is -2.26. The molecule has 0 unspecified atom stereocenters. The van der Waals surface area contributed by atoms with Crippen molar-refractivity contribution in [1.29, 1.82) is 0 Å². The fourth-order valence-corrected chi connectivity index (χ4v) is 5.73. The molecule has 1 atom stereocenters. The highest BCUT2D eigenvalue weighted by atomic mass is 35.5. The Hall–Kier alpha value is -3.82. The first kappa shape index (κ1) is 29.2. The molecule has 0 radical (unpaired) electrons. The van der Waals surface area contributed by atoms with E-state index in [0.717, 1.165) is 0 Å². The molecule has 1 aromatic heterocycles. The zero-order chi connectivity index (χ0) is 29.0. The Morgan fingerprint density at radius 2 is 2.00 bits per heavy atom. The van der Waals surface area contributed by atoms with E-state index in [4.69, 9.17) is 30.5 Å². The lowest BCUT2D eigenvalue weighted by Crippen LogP contribution is -2.40. The third kappa shape index (κ3) is 5.85. The smallest absolute Gasteiger partial charge is 0.338 e. The second kappa shape index (κ2) is 12.6. The molecule has 1 aliphatic rings. The lowest BCUT2D eigenvalue weighted by atomic mass is 9.95. The van der Waals surface area contributed by atoms with E-state index in [0.29, 0.717) is 48.4 Å². The number of para-hydroxylation sites is 1. The average molecular weight is 583 g/mol. The topological polar surface area (TPSA) is 88.4 Å². The molecule has 8 nitrogen and oxygen atoms in total. The van der Waals surface area contributed by atoms with Crippen LogP contribution in [0.2, 0.25) is 5.02 Å². The molecule has 3 aromatic rings. The number of halogens is 1. The summed E-state index contributed by atoms with van der Waals surface area (Å²) in [5, 5.41) is 0.332. The van der Waals surface area contributed by atoms with E-state index in [-0.39, 0.29) is 30.5 Å². The third-order valence-corrected chi connectivity index (χ3v) is 7.25. The molecule has 0 saturated carbocycles. The van der Waals surface area contributed by atoms with E-state index in [1.54, 1.807) is 38.1 Å². The number of ether oxygens (including phenoxy) is 4. The van der Waals surface area contributed by atoms with Crippen molar-refractivity contribution in [3.05, 3.63) is 96.2 Å². The first-order chi connectivity index (χ1) is 19.2. The van der Waals surface area contributed by atoms with E-state index >= 15 is 0 Å². The Kier molecular flexibility index (Phi) is 9.17. The highest BCUT2D eigenvalue weighted by Gasteiger charge is 2.35. The van der Waals surface area contributed by atoms with Crippen LogP contribution in [0.15, 0.2) is 70.1 Å². The summed E-state index contributed by atoms with van der Waals surface area (Å²) in [6, 6.07) is 10.0. The highest BCUT2D eigenvalue weighted by Crippen LogP contribution is 2.38. The molecule has 0 spiro atoms. The minimum absolute atomic E-state index is 0.119. The molecule has 0 amide bonds. The Morgan fingerprint density at radius 3 is 2.67 bits per heavy atom. The number of rotatable bonds is 10. The number of hydrogen-bond donors (Lipinski definition) is 0. The molecule has 0 N–H and O–H groups in total. The van der Waals surface area contributed by atoms with E-state index in [9.17, 15) is 9.59 Å². The number of esters is 1. The number of allylic oxidation sites excluding steroid dienone is 1. The summed E-state index contributed by atoms with van der Waals surface area (Å²) in [5.41, 5.74) is 1.75. The zero-order valence-electron chi connectivity index (χ0n) is 23.0. The summed E-state index contributed by atoms with van der Waals surface area (Å²) in [6.45, 7) is 11.4. The normalized spacial score (nSPS) is 15.0. The van der Waals surface area contributed by atoms with Gasteiger partial charge in [-0.1, -0.05) is 53.8 Å². The van der Waals surface area contributed by atoms with Crippen LogP contribution in [0.1, 0.15) is 44.9 Å². The maximum Gasteiger partial charge on any atom is 0.338 e. The standard InChI is InChI=1S/C30H31ClN2O6S/c1-7-13-38-27-21(31)14-19(15-23(27)36-6)16-24-28(34)33-26(20-11-9-10-12-22(20)39-17(3)4)25(29(35)37-8-2)18(5)32-30(33)40-24/h7,9-12,14-17,26H,1,8,13H2,2-6H3/b24-16+/t26-/m0/s1. The predicted molar refractivity (Wildman–Crippen MR) is 156 cm³/mol. The van der Waals surface area contributed by atoms with Crippen LogP contribution in [0.25, 0.3) is 6.08 Å². The highest BCUT2D eigenvalue weighted by molar-refractivity contribution is 7.07. The van der Waals surface area contributed by atoms with Gasteiger partial charge >= 0.3 is 5.97 Å². The van der Waals surface area contributed by atoms with Gasteiger partial charge in [-0.05, 0) is 57.5 Å². The molecule has 0 fully saturated rings. The van der Waals surface area contributed by atoms with E-state index in [1.807, 2.05) is 38.1 Å². The minimum atomic E-state index is -0.791. The molecule has 0 bridgehead atoms. The maximum atomic E-state index is 14.0. The molecule has 1 aliphatic heterocycles. The van der Waals surface area contributed by atoms with Crippen molar-refractivity contribution >= 4 is 35.0 Å². The monoisotopic (exact) mass is 582 g/mol. The number of carbonyl (C=O) groups excluding carboxylic acids is 1. The molecular weight excluding hydrogens is 552 g/mol.